The maximum absolute atomic E-state index is 11.4. The van der Waals surface area contributed by atoms with Crippen LogP contribution in [0.3, 0.4) is 0 Å². The number of carbonyl (C=O) groups is 1. The van der Waals surface area contributed by atoms with Gasteiger partial charge in [0.15, 0.2) is 5.96 Å². The second-order valence-electron chi connectivity index (χ2n) is 7.89. The van der Waals surface area contributed by atoms with E-state index in [4.69, 9.17) is 10.7 Å². The Labute approximate surface area is 203 Å². The topological polar surface area (TPSA) is 116 Å². The van der Waals surface area contributed by atoms with Gasteiger partial charge < -0.3 is 26.4 Å². The zero-order valence-electron chi connectivity index (χ0n) is 18.8. The van der Waals surface area contributed by atoms with Gasteiger partial charge >= 0.3 is 0 Å². The summed E-state index contributed by atoms with van der Waals surface area (Å²) in [6.45, 7) is 8.08. The maximum atomic E-state index is 11.4. The number of nitrogens with one attached hydrogen (secondary N) is 2. The Hall–Kier alpha value is -1.62. The van der Waals surface area contributed by atoms with Crippen molar-refractivity contribution in [1.82, 2.24) is 15.6 Å². The summed E-state index contributed by atoms with van der Waals surface area (Å²) in [6.07, 6.45) is 6.32. The fraction of sp³-hybridized carbons (Fsp3) is 0.682. The fourth-order valence-corrected chi connectivity index (χ4v) is 3.90. The van der Waals surface area contributed by atoms with Crippen molar-refractivity contribution in [3.05, 3.63) is 23.9 Å². The van der Waals surface area contributed by atoms with E-state index < -0.39 is 0 Å². The Kier molecular flexibility index (Phi) is 13.5. The summed E-state index contributed by atoms with van der Waals surface area (Å²) in [6, 6.07) is 3.99. The molecule has 31 heavy (non-hydrogen) atoms. The van der Waals surface area contributed by atoms with Gasteiger partial charge in [0, 0.05) is 50.5 Å². The highest BCUT2D eigenvalue weighted by atomic mass is 127. The van der Waals surface area contributed by atoms with Gasteiger partial charge in [0.2, 0.25) is 5.91 Å². The quantitative estimate of drug-likeness (QED) is 0.192. The highest BCUT2D eigenvalue weighted by Crippen LogP contribution is 2.24. The molecular weight excluding hydrogens is 507 g/mol. The summed E-state index contributed by atoms with van der Waals surface area (Å²) < 4.78 is 0. The molecule has 0 spiro atoms. The molecule has 5 N–H and O–H groups in total. The van der Waals surface area contributed by atoms with Crippen LogP contribution in [0.1, 0.15) is 51.5 Å². The van der Waals surface area contributed by atoms with Crippen molar-refractivity contribution < 1.29 is 9.90 Å². The molecule has 9 heteroatoms. The lowest BCUT2D eigenvalue weighted by Gasteiger charge is -2.32. The SMILES string of the molecule is CCCC(CCO)CNC(=NCc1cccnc1N1CCC(C(N)=O)CC1)NCC.I. The molecule has 1 unspecified atom stereocenters. The van der Waals surface area contributed by atoms with Crippen LogP contribution in [0.2, 0.25) is 0 Å². The van der Waals surface area contributed by atoms with Crippen LogP contribution in [0, 0.1) is 11.8 Å². The van der Waals surface area contributed by atoms with Gasteiger partial charge in [0.05, 0.1) is 6.54 Å². The predicted octanol–water partition coefficient (Wildman–Crippen LogP) is 2.26. The molecule has 2 rings (SSSR count). The zero-order valence-corrected chi connectivity index (χ0v) is 21.2. The summed E-state index contributed by atoms with van der Waals surface area (Å²) in [5, 5.41) is 16.0. The van der Waals surface area contributed by atoms with Gasteiger partial charge in [-0.3, -0.25) is 4.79 Å². The first-order chi connectivity index (χ1) is 14.6. The molecule has 0 radical (unpaired) electrons. The van der Waals surface area contributed by atoms with Crippen molar-refractivity contribution in [3.8, 4) is 0 Å². The van der Waals surface area contributed by atoms with Crippen LogP contribution >= 0.6 is 24.0 Å². The Morgan fingerprint density at radius 2 is 2.06 bits per heavy atom. The molecule has 8 nitrogen and oxygen atoms in total. The third-order valence-electron chi connectivity index (χ3n) is 5.61. The number of guanidine groups is 1. The number of nitrogens with zero attached hydrogens (tertiary/aromatic N) is 3. The number of rotatable bonds is 11. The van der Waals surface area contributed by atoms with Crippen molar-refractivity contribution in [3.63, 3.8) is 0 Å². The van der Waals surface area contributed by atoms with Gasteiger partial charge in [0.25, 0.3) is 0 Å². The summed E-state index contributed by atoms with van der Waals surface area (Å²) in [5.41, 5.74) is 6.52. The van der Waals surface area contributed by atoms with Crippen LogP contribution < -0.4 is 21.3 Å². The van der Waals surface area contributed by atoms with Gasteiger partial charge in [-0.1, -0.05) is 19.4 Å². The zero-order chi connectivity index (χ0) is 21.8. The van der Waals surface area contributed by atoms with Gasteiger partial charge in [-0.05, 0) is 44.6 Å². The van der Waals surface area contributed by atoms with Gasteiger partial charge in [-0.2, -0.15) is 0 Å². The average Bonchev–Trinajstić information content (AvgIpc) is 2.76. The van der Waals surface area contributed by atoms with Crippen LogP contribution in [0.15, 0.2) is 23.3 Å². The number of nitrogens with two attached hydrogens (primary N) is 1. The number of primary amides is 1. The molecule has 176 valence electrons. The Bertz CT molecular complexity index is 674. The molecule has 1 fully saturated rings. The molecule has 0 bridgehead atoms. The number of anilines is 1. The Balaban J connectivity index is 0.00000480. The summed E-state index contributed by atoms with van der Waals surface area (Å²) in [4.78, 5) is 23.0. The number of carbonyl (C=O) groups excluding carboxylic acids is 1. The standard InChI is InChI=1S/C22H38N6O2.HI/c1-3-6-17(10-14-29)15-26-22(24-4-2)27-16-19-7-5-11-25-21(19)28-12-8-18(9-13-28)20(23)30;/h5,7,11,17-18,29H,3-4,6,8-10,12-16H2,1-2H3,(H2,23,30)(H2,24,26,27);1H. The highest BCUT2D eigenvalue weighted by molar-refractivity contribution is 14.0. The van der Waals surface area contributed by atoms with E-state index in [1.54, 1.807) is 6.20 Å². The monoisotopic (exact) mass is 546 g/mol. The van der Waals surface area contributed by atoms with E-state index in [9.17, 15) is 9.90 Å². The second kappa shape index (κ2) is 15.2. The van der Waals surface area contributed by atoms with Crippen LogP contribution in [0.25, 0.3) is 0 Å². The average molecular weight is 546 g/mol. The smallest absolute Gasteiger partial charge is 0.220 e. The van der Waals surface area contributed by atoms with E-state index in [1.165, 1.54) is 0 Å². The number of piperidine rings is 1. The second-order valence-corrected chi connectivity index (χ2v) is 7.89. The molecule has 2 heterocycles. The number of aliphatic hydroxyl groups is 1. The third kappa shape index (κ3) is 9.18. The Morgan fingerprint density at radius 1 is 1.32 bits per heavy atom. The summed E-state index contributed by atoms with van der Waals surface area (Å²) >= 11 is 0. The number of aliphatic hydroxyl groups excluding tert-OH is 1. The molecule has 1 aromatic heterocycles. The molecule has 0 aromatic carbocycles. The third-order valence-corrected chi connectivity index (χ3v) is 5.61. The minimum absolute atomic E-state index is 0. The summed E-state index contributed by atoms with van der Waals surface area (Å²) in [5.74, 6) is 1.91. The van der Waals surface area contributed by atoms with Crippen molar-refractivity contribution in [2.45, 2.75) is 52.5 Å². The van der Waals surface area contributed by atoms with E-state index in [0.717, 1.165) is 75.6 Å². The number of pyridine rings is 1. The van der Waals surface area contributed by atoms with Crippen molar-refractivity contribution >= 4 is 41.7 Å². The van der Waals surface area contributed by atoms with Gasteiger partial charge in [-0.25, -0.2) is 9.98 Å². The van der Waals surface area contributed by atoms with E-state index in [2.05, 4.69) is 33.5 Å². The van der Waals surface area contributed by atoms with Crippen LogP contribution in [0.4, 0.5) is 5.82 Å². The first-order valence-electron chi connectivity index (χ1n) is 11.2. The Morgan fingerprint density at radius 3 is 2.68 bits per heavy atom. The number of halogens is 1. The van der Waals surface area contributed by atoms with E-state index in [1.807, 2.05) is 13.0 Å². The summed E-state index contributed by atoms with van der Waals surface area (Å²) in [7, 11) is 0. The molecule has 1 saturated heterocycles. The van der Waals surface area contributed by atoms with E-state index in [-0.39, 0.29) is 42.4 Å². The number of hydrogen-bond donors (Lipinski definition) is 4. The van der Waals surface area contributed by atoms with Crippen molar-refractivity contribution in [2.75, 3.05) is 37.7 Å². The first kappa shape index (κ1) is 27.4. The highest BCUT2D eigenvalue weighted by Gasteiger charge is 2.24. The number of amides is 1. The van der Waals surface area contributed by atoms with Crippen molar-refractivity contribution in [1.29, 1.82) is 0 Å². The first-order valence-corrected chi connectivity index (χ1v) is 11.2. The number of aromatic nitrogens is 1. The van der Waals surface area contributed by atoms with Crippen molar-refractivity contribution in [2.24, 2.45) is 22.6 Å². The van der Waals surface area contributed by atoms with Crippen LogP contribution in [0.5, 0.6) is 0 Å². The van der Waals surface area contributed by atoms with Crippen LogP contribution in [-0.2, 0) is 11.3 Å². The fourth-order valence-electron chi connectivity index (χ4n) is 3.90. The molecular formula is C22H39IN6O2. The molecule has 0 aliphatic carbocycles. The van der Waals surface area contributed by atoms with Gasteiger partial charge in [-0.15, -0.1) is 24.0 Å². The van der Waals surface area contributed by atoms with Crippen LogP contribution in [-0.4, -0.2) is 54.7 Å². The minimum atomic E-state index is -0.204. The maximum Gasteiger partial charge on any atom is 0.220 e. The number of aliphatic imine (C=N–C) groups is 1. The lowest BCUT2D eigenvalue weighted by Crippen LogP contribution is -2.40. The largest absolute Gasteiger partial charge is 0.396 e. The lowest BCUT2D eigenvalue weighted by atomic mass is 9.96. The molecule has 0 saturated carbocycles. The molecule has 1 aromatic rings. The van der Waals surface area contributed by atoms with E-state index >= 15 is 0 Å². The molecule has 1 aliphatic rings. The molecule has 1 atom stereocenters. The minimum Gasteiger partial charge on any atom is -0.396 e. The normalized spacial score (nSPS) is 15.8. The van der Waals surface area contributed by atoms with Gasteiger partial charge in [0.1, 0.15) is 5.82 Å². The molecule has 1 aliphatic heterocycles. The number of hydrogen-bond acceptors (Lipinski definition) is 5. The molecule has 1 amide bonds. The predicted molar refractivity (Wildman–Crippen MR) is 137 cm³/mol. The van der Waals surface area contributed by atoms with E-state index in [0.29, 0.717) is 12.5 Å². The lowest BCUT2D eigenvalue weighted by molar-refractivity contribution is -0.122.